The van der Waals surface area contributed by atoms with Crippen molar-refractivity contribution in [1.29, 1.82) is 0 Å². The molecule has 0 aromatic heterocycles. The van der Waals surface area contributed by atoms with Crippen molar-refractivity contribution in [3.05, 3.63) is 71.8 Å². The molecule has 1 saturated heterocycles. The number of piperazine rings is 1. The second-order valence-electron chi connectivity index (χ2n) is 7.87. The zero-order valence-electron chi connectivity index (χ0n) is 16.5. The Kier molecular flexibility index (Phi) is 6.40. The van der Waals surface area contributed by atoms with Crippen LogP contribution >= 0.6 is 0 Å². The van der Waals surface area contributed by atoms with Gasteiger partial charge >= 0.3 is 0 Å². The van der Waals surface area contributed by atoms with Gasteiger partial charge in [0, 0.05) is 32.2 Å². The van der Waals surface area contributed by atoms with Crippen LogP contribution in [0.1, 0.15) is 42.9 Å². The number of ether oxygens (including phenoxy) is 1. The Labute approximate surface area is 168 Å². The van der Waals surface area contributed by atoms with Crippen LogP contribution in [-0.2, 0) is 9.53 Å². The molecule has 1 heterocycles. The monoisotopic (exact) mass is 378 g/mol. The highest BCUT2D eigenvalue weighted by atomic mass is 16.5. The summed E-state index contributed by atoms with van der Waals surface area (Å²) in [6.45, 7) is 3.76. The van der Waals surface area contributed by atoms with Crippen molar-refractivity contribution < 1.29 is 9.53 Å². The quantitative estimate of drug-likeness (QED) is 0.765. The lowest BCUT2D eigenvalue weighted by atomic mass is 10.0. The number of rotatable bonds is 6. The van der Waals surface area contributed by atoms with Gasteiger partial charge in [-0.25, -0.2) is 0 Å². The van der Waals surface area contributed by atoms with Gasteiger partial charge in [-0.05, 0) is 24.0 Å². The van der Waals surface area contributed by atoms with Gasteiger partial charge in [-0.15, -0.1) is 0 Å². The summed E-state index contributed by atoms with van der Waals surface area (Å²) in [4.78, 5) is 17.3. The maximum absolute atomic E-state index is 12.8. The lowest BCUT2D eigenvalue weighted by Gasteiger charge is -2.38. The Morgan fingerprint density at radius 3 is 1.93 bits per heavy atom. The third kappa shape index (κ3) is 4.62. The van der Waals surface area contributed by atoms with E-state index in [0.29, 0.717) is 0 Å². The molecule has 2 aromatic carbocycles. The first-order valence-electron chi connectivity index (χ1n) is 10.5. The second-order valence-corrected chi connectivity index (χ2v) is 7.87. The molecule has 1 amide bonds. The van der Waals surface area contributed by atoms with E-state index in [4.69, 9.17) is 4.74 Å². The van der Waals surface area contributed by atoms with E-state index in [-0.39, 0.29) is 18.6 Å². The number of nitrogens with zero attached hydrogens (tertiary/aromatic N) is 2. The van der Waals surface area contributed by atoms with Crippen molar-refractivity contribution in [3.8, 4) is 0 Å². The second kappa shape index (κ2) is 9.35. The van der Waals surface area contributed by atoms with E-state index in [9.17, 15) is 4.79 Å². The molecule has 2 aromatic rings. The van der Waals surface area contributed by atoms with E-state index in [1.807, 2.05) is 41.3 Å². The molecule has 0 bridgehead atoms. The number of benzene rings is 2. The van der Waals surface area contributed by atoms with Gasteiger partial charge in [0.15, 0.2) is 0 Å². The molecule has 28 heavy (non-hydrogen) atoms. The van der Waals surface area contributed by atoms with Gasteiger partial charge < -0.3 is 9.64 Å². The number of hydrogen-bond acceptors (Lipinski definition) is 3. The third-order valence-electron chi connectivity index (χ3n) is 6.09. The molecule has 1 saturated carbocycles. The molecule has 0 spiro atoms. The lowest BCUT2D eigenvalue weighted by Crippen LogP contribution is -2.52. The minimum atomic E-state index is -0.217. The van der Waals surface area contributed by atoms with Crippen LogP contribution in [-0.4, -0.2) is 54.5 Å². The predicted octanol–water partition coefficient (Wildman–Crippen LogP) is 3.88. The van der Waals surface area contributed by atoms with Gasteiger partial charge in [-0.2, -0.15) is 0 Å². The van der Waals surface area contributed by atoms with E-state index in [0.717, 1.165) is 43.3 Å². The average molecular weight is 379 g/mol. The highest BCUT2D eigenvalue weighted by molar-refractivity contribution is 5.77. The summed E-state index contributed by atoms with van der Waals surface area (Å²) in [5.74, 6) is 0.0999. The summed E-state index contributed by atoms with van der Waals surface area (Å²) in [6, 6.07) is 21.0. The molecular weight excluding hydrogens is 348 g/mol. The maximum atomic E-state index is 12.8. The van der Waals surface area contributed by atoms with Gasteiger partial charge in [0.1, 0.15) is 12.7 Å². The molecule has 0 radical (unpaired) electrons. The molecular formula is C24H30N2O2. The Balaban J connectivity index is 1.34. The zero-order valence-corrected chi connectivity index (χ0v) is 16.5. The van der Waals surface area contributed by atoms with Crippen LogP contribution in [0.5, 0.6) is 0 Å². The standard InChI is InChI=1S/C24H30N2O2/c27-23(26-17-15-25(16-18-26)22-13-7-8-14-22)19-28-24(20-9-3-1-4-10-20)21-11-5-2-6-12-21/h1-6,9-12,22,24H,7-8,13-19H2. The maximum Gasteiger partial charge on any atom is 0.248 e. The van der Waals surface area contributed by atoms with E-state index >= 15 is 0 Å². The molecule has 2 aliphatic rings. The van der Waals surface area contributed by atoms with Crippen molar-refractivity contribution in [2.75, 3.05) is 32.8 Å². The van der Waals surface area contributed by atoms with Crippen LogP contribution in [0, 0.1) is 0 Å². The van der Waals surface area contributed by atoms with Crippen LogP contribution in [0.25, 0.3) is 0 Å². The summed E-state index contributed by atoms with van der Waals surface area (Å²) in [6.07, 6.45) is 5.15. The first kappa shape index (κ1) is 19.2. The van der Waals surface area contributed by atoms with Crippen molar-refractivity contribution in [3.63, 3.8) is 0 Å². The summed E-state index contributed by atoms with van der Waals surface area (Å²) in [5, 5.41) is 0. The molecule has 1 aliphatic heterocycles. The SMILES string of the molecule is O=C(COC(c1ccccc1)c1ccccc1)N1CCN(C2CCCC2)CC1. The largest absolute Gasteiger partial charge is 0.359 e. The zero-order chi connectivity index (χ0) is 19.2. The molecule has 0 N–H and O–H groups in total. The van der Waals surface area contributed by atoms with Gasteiger partial charge in [0.05, 0.1) is 0 Å². The van der Waals surface area contributed by atoms with Crippen LogP contribution in [0.3, 0.4) is 0 Å². The number of amides is 1. The number of carbonyl (C=O) groups excluding carboxylic acids is 1. The third-order valence-corrected chi connectivity index (χ3v) is 6.09. The molecule has 148 valence electrons. The Bertz CT molecular complexity index is 696. The van der Waals surface area contributed by atoms with E-state index in [1.54, 1.807) is 0 Å². The van der Waals surface area contributed by atoms with E-state index < -0.39 is 0 Å². The highest BCUT2D eigenvalue weighted by Crippen LogP contribution is 2.26. The fourth-order valence-electron chi connectivity index (χ4n) is 4.49. The topological polar surface area (TPSA) is 32.8 Å². The number of carbonyl (C=O) groups is 1. The summed E-state index contributed by atoms with van der Waals surface area (Å²) in [5.41, 5.74) is 2.15. The Hall–Kier alpha value is -2.17. The highest BCUT2D eigenvalue weighted by Gasteiger charge is 2.28. The normalized spacial score (nSPS) is 18.7. The van der Waals surface area contributed by atoms with Gasteiger partial charge in [0.2, 0.25) is 5.91 Å². The van der Waals surface area contributed by atoms with Gasteiger partial charge in [0.25, 0.3) is 0 Å². The lowest BCUT2D eigenvalue weighted by molar-refractivity contribution is -0.139. The summed E-state index contributed by atoms with van der Waals surface area (Å²) >= 11 is 0. The van der Waals surface area contributed by atoms with Crippen LogP contribution in [0.4, 0.5) is 0 Å². The molecule has 0 atom stereocenters. The fraction of sp³-hybridized carbons (Fsp3) is 0.458. The first-order valence-corrected chi connectivity index (χ1v) is 10.5. The Morgan fingerprint density at radius 2 is 1.39 bits per heavy atom. The molecule has 4 heteroatoms. The molecule has 1 aliphatic carbocycles. The first-order chi connectivity index (χ1) is 13.8. The minimum Gasteiger partial charge on any atom is -0.359 e. The smallest absolute Gasteiger partial charge is 0.248 e. The molecule has 4 rings (SSSR count). The van der Waals surface area contributed by atoms with Crippen LogP contribution in [0.15, 0.2) is 60.7 Å². The van der Waals surface area contributed by atoms with Crippen LogP contribution in [0.2, 0.25) is 0 Å². The van der Waals surface area contributed by atoms with E-state index in [1.165, 1.54) is 25.7 Å². The molecule has 4 nitrogen and oxygen atoms in total. The molecule has 2 fully saturated rings. The number of hydrogen-bond donors (Lipinski definition) is 0. The summed E-state index contributed by atoms with van der Waals surface area (Å²) < 4.78 is 6.15. The average Bonchev–Trinajstić information content (AvgIpc) is 3.30. The van der Waals surface area contributed by atoms with Crippen molar-refractivity contribution in [2.45, 2.75) is 37.8 Å². The fourth-order valence-corrected chi connectivity index (χ4v) is 4.49. The van der Waals surface area contributed by atoms with Crippen molar-refractivity contribution in [2.24, 2.45) is 0 Å². The van der Waals surface area contributed by atoms with E-state index in [2.05, 4.69) is 29.2 Å². The minimum absolute atomic E-state index is 0.0999. The summed E-state index contributed by atoms with van der Waals surface area (Å²) in [7, 11) is 0. The van der Waals surface area contributed by atoms with Gasteiger partial charge in [-0.3, -0.25) is 9.69 Å². The Morgan fingerprint density at radius 1 is 0.857 bits per heavy atom. The van der Waals surface area contributed by atoms with Crippen molar-refractivity contribution in [1.82, 2.24) is 9.80 Å². The predicted molar refractivity (Wildman–Crippen MR) is 111 cm³/mol. The van der Waals surface area contributed by atoms with Crippen LogP contribution < -0.4 is 0 Å². The molecule has 0 unspecified atom stereocenters. The van der Waals surface area contributed by atoms with Gasteiger partial charge in [-0.1, -0.05) is 73.5 Å². The van der Waals surface area contributed by atoms with Crippen molar-refractivity contribution >= 4 is 5.91 Å².